The Labute approximate surface area is 170 Å². The maximum Gasteiger partial charge on any atom is 0.359 e. The van der Waals surface area contributed by atoms with E-state index in [2.05, 4.69) is 10.00 Å². The van der Waals surface area contributed by atoms with Gasteiger partial charge in [-0.15, -0.1) is 0 Å². The van der Waals surface area contributed by atoms with E-state index in [4.69, 9.17) is 9.47 Å². The number of rotatable bonds is 8. The SMILES string of the molecule is CCOC(=O)c1nn(CCO)c2c1CN(C/C=C/c1ccc(O)c(OC)c1)CC2. The van der Waals surface area contributed by atoms with Crippen LogP contribution in [-0.2, 0) is 24.2 Å². The molecule has 8 heteroatoms. The maximum absolute atomic E-state index is 12.3. The summed E-state index contributed by atoms with van der Waals surface area (Å²) in [5.74, 6) is 0.124. The number of phenols is 1. The van der Waals surface area contributed by atoms with E-state index >= 15 is 0 Å². The van der Waals surface area contributed by atoms with Crippen LogP contribution >= 0.6 is 0 Å². The van der Waals surface area contributed by atoms with Gasteiger partial charge in [-0.1, -0.05) is 18.2 Å². The topological polar surface area (TPSA) is 97.0 Å². The molecular weight excluding hydrogens is 374 g/mol. The third-order valence-corrected chi connectivity index (χ3v) is 4.87. The zero-order valence-electron chi connectivity index (χ0n) is 16.8. The fraction of sp³-hybridized carbons (Fsp3) is 0.429. The van der Waals surface area contributed by atoms with Gasteiger partial charge in [0.1, 0.15) is 0 Å². The number of methoxy groups -OCH3 is 1. The predicted molar refractivity (Wildman–Crippen MR) is 108 cm³/mol. The number of aromatic nitrogens is 2. The molecule has 156 valence electrons. The largest absolute Gasteiger partial charge is 0.504 e. The number of fused-ring (bicyclic) bond motifs is 1. The summed E-state index contributed by atoms with van der Waals surface area (Å²) < 4.78 is 12.0. The second kappa shape index (κ2) is 9.58. The molecule has 0 aliphatic carbocycles. The Bertz CT molecular complexity index is 891. The number of nitrogens with zero attached hydrogens (tertiary/aromatic N) is 3. The second-order valence-corrected chi connectivity index (χ2v) is 6.76. The van der Waals surface area contributed by atoms with Crippen molar-refractivity contribution >= 4 is 12.0 Å². The van der Waals surface area contributed by atoms with Gasteiger partial charge >= 0.3 is 5.97 Å². The molecule has 0 amide bonds. The summed E-state index contributed by atoms with van der Waals surface area (Å²) in [6.07, 6.45) is 4.76. The van der Waals surface area contributed by atoms with E-state index in [1.54, 1.807) is 23.7 Å². The number of aliphatic hydroxyl groups is 1. The molecule has 1 aromatic heterocycles. The van der Waals surface area contributed by atoms with Crippen LogP contribution in [0.1, 0.15) is 34.2 Å². The lowest BCUT2D eigenvalue weighted by Crippen LogP contribution is -2.32. The van der Waals surface area contributed by atoms with Crippen molar-refractivity contribution in [2.24, 2.45) is 0 Å². The minimum absolute atomic E-state index is 0.0288. The van der Waals surface area contributed by atoms with Crippen LogP contribution in [0.3, 0.4) is 0 Å². The molecule has 2 aromatic rings. The van der Waals surface area contributed by atoms with Crippen LogP contribution in [0.4, 0.5) is 0 Å². The molecule has 0 fully saturated rings. The van der Waals surface area contributed by atoms with Gasteiger partial charge < -0.3 is 19.7 Å². The van der Waals surface area contributed by atoms with Crippen LogP contribution in [0.5, 0.6) is 11.5 Å². The summed E-state index contributed by atoms with van der Waals surface area (Å²) in [6.45, 7) is 4.53. The molecule has 1 aromatic carbocycles. The van der Waals surface area contributed by atoms with Crippen LogP contribution in [0.25, 0.3) is 6.08 Å². The number of aliphatic hydroxyl groups excluding tert-OH is 1. The van der Waals surface area contributed by atoms with Crippen molar-refractivity contribution in [1.29, 1.82) is 0 Å². The summed E-state index contributed by atoms with van der Waals surface area (Å²) in [7, 11) is 1.52. The molecule has 0 radical (unpaired) electrons. The zero-order chi connectivity index (χ0) is 20.8. The van der Waals surface area contributed by atoms with E-state index < -0.39 is 5.97 Å². The molecule has 1 aliphatic heterocycles. The van der Waals surface area contributed by atoms with Gasteiger partial charge in [-0.25, -0.2) is 4.79 Å². The standard InChI is InChI=1S/C21H27N3O5/c1-3-29-21(27)20-16-14-23(10-8-17(16)24(22-20)11-12-25)9-4-5-15-6-7-18(26)19(13-15)28-2/h4-7,13,25-26H,3,8-12,14H2,1-2H3/b5-4+. The van der Waals surface area contributed by atoms with Crippen LogP contribution in [-0.4, -0.2) is 64.3 Å². The molecule has 8 nitrogen and oxygen atoms in total. The van der Waals surface area contributed by atoms with Gasteiger partial charge in [0, 0.05) is 37.3 Å². The number of esters is 1. The number of ether oxygens (including phenoxy) is 2. The summed E-state index contributed by atoms with van der Waals surface area (Å²) >= 11 is 0. The van der Waals surface area contributed by atoms with E-state index in [9.17, 15) is 15.0 Å². The third kappa shape index (κ3) is 4.78. The Morgan fingerprint density at radius 3 is 2.93 bits per heavy atom. The molecule has 3 rings (SSSR count). The van der Waals surface area contributed by atoms with Gasteiger partial charge in [-0.2, -0.15) is 5.10 Å². The molecule has 0 atom stereocenters. The Morgan fingerprint density at radius 2 is 2.21 bits per heavy atom. The number of aromatic hydroxyl groups is 1. The van der Waals surface area contributed by atoms with Crippen molar-refractivity contribution in [3.8, 4) is 11.5 Å². The van der Waals surface area contributed by atoms with Crippen LogP contribution in [0.2, 0.25) is 0 Å². The van der Waals surface area contributed by atoms with Gasteiger partial charge in [-0.05, 0) is 24.6 Å². The Hall–Kier alpha value is -2.84. The van der Waals surface area contributed by atoms with Crippen molar-refractivity contribution in [2.45, 2.75) is 26.4 Å². The molecule has 0 saturated carbocycles. The first-order valence-corrected chi connectivity index (χ1v) is 9.69. The first kappa shape index (κ1) is 20.9. The Kier molecular flexibility index (Phi) is 6.90. The highest BCUT2D eigenvalue weighted by Crippen LogP contribution is 2.27. The first-order chi connectivity index (χ1) is 14.1. The number of carbonyl (C=O) groups is 1. The maximum atomic E-state index is 12.3. The normalized spacial score (nSPS) is 14.2. The summed E-state index contributed by atoms with van der Waals surface area (Å²) in [5.41, 5.74) is 3.14. The van der Waals surface area contributed by atoms with E-state index in [-0.39, 0.29) is 12.4 Å². The number of benzene rings is 1. The fourth-order valence-corrected chi connectivity index (χ4v) is 3.48. The average Bonchev–Trinajstić information content (AvgIpc) is 3.08. The summed E-state index contributed by atoms with van der Waals surface area (Å²) in [4.78, 5) is 14.5. The molecular formula is C21H27N3O5. The van der Waals surface area contributed by atoms with Gasteiger partial charge in [0.25, 0.3) is 0 Å². The van der Waals surface area contributed by atoms with E-state index in [1.165, 1.54) is 7.11 Å². The molecule has 2 N–H and O–H groups in total. The second-order valence-electron chi connectivity index (χ2n) is 6.76. The quantitative estimate of drug-likeness (QED) is 0.652. The average molecular weight is 401 g/mol. The number of hydrogen-bond acceptors (Lipinski definition) is 7. The zero-order valence-corrected chi connectivity index (χ0v) is 16.8. The molecule has 0 bridgehead atoms. The van der Waals surface area contributed by atoms with Crippen LogP contribution < -0.4 is 4.74 Å². The van der Waals surface area contributed by atoms with Gasteiger partial charge in [0.15, 0.2) is 17.2 Å². The Balaban J connectivity index is 1.72. The van der Waals surface area contributed by atoms with Gasteiger partial charge in [-0.3, -0.25) is 9.58 Å². The lowest BCUT2D eigenvalue weighted by molar-refractivity contribution is 0.0515. The Morgan fingerprint density at radius 1 is 1.38 bits per heavy atom. The number of hydrogen-bond donors (Lipinski definition) is 2. The predicted octanol–water partition coefficient (Wildman–Crippen LogP) is 1.84. The first-order valence-electron chi connectivity index (χ1n) is 9.69. The minimum Gasteiger partial charge on any atom is -0.504 e. The van der Waals surface area contributed by atoms with Crippen molar-refractivity contribution in [3.05, 3.63) is 46.8 Å². The highest BCUT2D eigenvalue weighted by Gasteiger charge is 2.28. The van der Waals surface area contributed by atoms with Crippen molar-refractivity contribution in [3.63, 3.8) is 0 Å². The van der Waals surface area contributed by atoms with Crippen LogP contribution in [0.15, 0.2) is 24.3 Å². The molecule has 0 saturated heterocycles. The van der Waals surface area contributed by atoms with Gasteiger partial charge in [0.05, 0.1) is 26.9 Å². The lowest BCUT2D eigenvalue weighted by atomic mass is 10.0. The molecule has 0 spiro atoms. The summed E-state index contributed by atoms with van der Waals surface area (Å²) in [6, 6.07) is 5.20. The smallest absolute Gasteiger partial charge is 0.359 e. The van der Waals surface area contributed by atoms with Gasteiger partial charge in [0.2, 0.25) is 0 Å². The molecule has 2 heterocycles. The van der Waals surface area contributed by atoms with Crippen LogP contribution in [0, 0.1) is 0 Å². The number of phenolic OH excluding ortho intramolecular Hbond substituents is 1. The van der Waals surface area contributed by atoms with Crippen molar-refractivity contribution < 1.29 is 24.5 Å². The monoisotopic (exact) mass is 401 g/mol. The van der Waals surface area contributed by atoms with E-state index in [1.807, 2.05) is 18.2 Å². The third-order valence-electron chi connectivity index (χ3n) is 4.87. The summed E-state index contributed by atoms with van der Waals surface area (Å²) in [5, 5.41) is 23.4. The number of carbonyl (C=O) groups excluding carboxylic acids is 1. The van der Waals surface area contributed by atoms with Crippen molar-refractivity contribution in [2.75, 3.05) is 33.4 Å². The molecule has 1 aliphatic rings. The lowest BCUT2D eigenvalue weighted by Gasteiger charge is -2.26. The van der Waals surface area contributed by atoms with Crippen molar-refractivity contribution in [1.82, 2.24) is 14.7 Å². The fourth-order valence-electron chi connectivity index (χ4n) is 3.48. The van der Waals surface area contributed by atoms with E-state index in [0.29, 0.717) is 37.7 Å². The molecule has 29 heavy (non-hydrogen) atoms. The molecule has 0 unspecified atom stereocenters. The minimum atomic E-state index is -0.422. The highest BCUT2D eigenvalue weighted by atomic mass is 16.5. The van der Waals surface area contributed by atoms with E-state index in [0.717, 1.165) is 29.8 Å². The highest BCUT2D eigenvalue weighted by molar-refractivity contribution is 5.89.